The van der Waals surface area contributed by atoms with Gasteiger partial charge in [0.25, 0.3) is 5.91 Å². The van der Waals surface area contributed by atoms with Crippen molar-refractivity contribution in [3.05, 3.63) is 60.2 Å². The lowest BCUT2D eigenvalue weighted by Gasteiger charge is -2.09. The smallest absolute Gasteiger partial charge is 0.497 e. The van der Waals surface area contributed by atoms with Gasteiger partial charge in [0, 0.05) is 29.6 Å². The molecule has 0 fully saturated rings. The summed E-state index contributed by atoms with van der Waals surface area (Å²) < 4.78 is 48.0. The standard InChI is InChI=1S/C22H19F3N4O3/c1-3-29-18-11-16(31-2)9-6-14(18)10-19(29)17-12-20(28-27-17)26-21(30)13-4-7-15(8-5-13)32-22(23,24)25/h4-12H,3H2,1-2H3,(H2,26,27,28,30). The number of halogens is 3. The number of nitrogens with one attached hydrogen (secondary N) is 2. The summed E-state index contributed by atoms with van der Waals surface area (Å²) in [5.41, 5.74) is 2.76. The van der Waals surface area contributed by atoms with E-state index in [2.05, 4.69) is 24.8 Å². The maximum Gasteiger partial charge on any atom is 0.573 e. The third kappa shape index (κ3) is 4.39. The molecule has 2 N–H and O–H groups in total. The Kier molecular flexibility index (Phi) is 5.52. The topological polar surface area (TPSA) is 81.2 Å². The van der Waals surface area contributed by atoms with E-state index in [0.29, 0.717) is 12.2 Å². The Morgan fingerprint density at radius 2 is 1.81 bits per heavy atom. The van der Waals surface area contributed by atoms with E-state index in [1.807, 2.05) is 31.2 Å². The van der Waals surface area contributed by atoms with E-state index in [1.54, 1.807) is 13.2 Å². The highest BCUT2D eigenvalue weighted by Gasteiger charge is 2.31. The van der Waals surface area contributed by atoms with Crippen molar-refractivity contribution in [1.82, 2.24) is 14.8 Å². The lowest BCUT2D eigenvalue weighted by Crippen LogP contribution is -2.17. The van der Waals surface area contributed by atoms with Crippen molar-refractivity contribution in [1.29, 1.82) is 0 Å². The van der Waals surface area contributed by atoms with Gasteiger partial charge in [-0.1, -0.05) is 0 Å². The molecule has 0 radical (unpaired) electrons. The number of methoxy groups -OCH3 is 1. The summed E-state index contributed by atoms with van der Waals surface area (Å²) in [6, 6.07) is 14.1. The van der Waals surface area contributed by atoms with Crippen molar-refractivity contribution in [2.24, 2.45) is 0 Å². The Hall–Kier alpha value is -3.95. The number of carbonyl (C=O) groups is 1. The number of hydrogen-bond donors (Lipinski definition) is 2. The zero-order chi connectivity index (χ0) is 22.9. The van der Waals surface area contributed by atoms with Gasteiger partial charge >= 0.3 is 6.36 Å². The number of fused-ring (bicyclic) bond motifs is 1. The number of carbonyl (C=O) groups excluding carboxylic acids is 1. The average Bonchev–Trinajstić information content (AvgIpc) is 3.36. The number of rotatable bonds is 6. The normalized spacial score (nSPS) is 11.5. The Bertz CT molecular complexity index is 1260. The number of aromatic amines is 1. The lowest BCUT2D eigenvalue weighted by atomic mass is 10.2. The molecule has 1 amide bonds. The minimum Gasteiger partial charge on any atom is -0.497 e. The van der Waals surface area contributed by atoms with Crippen molar-refractivity contribution in [2.75, 3.05) is 12.4 Å². The molecule has 10 heteroatoms. The molecule has 0 saturated carbocycles. The van der Waals surface area contributed by atoms with Gasteiger partial charge in [0.1, 0.15) is 11.5 Å². The minimum atomic E-state index is -4.79. The minimum absolute atomic E-state index is 0.166. The van der Waals surface area contributed by atoms with Gasteiger partial charge in [-0.05, 0) is 49.4 Å². The van der Waals surface area contributed by atoms with Crippen LogP contribution in [0.1, 0.15) is 17.3 Å². The van der Waals surface area contributed by atoms with E-state index >= 15 is 0 Å². The second-order valence-electron chi connectivity index (χ2n) is 6.89. The number of aromatic nitrogens is 3. The fourth-order valence-corrected chi connectivity index (χ4v) is 3.44. The molecule has 32 heavy (non-hydrogen) atoms. The van der Waals surface area contributed by atoms with Crippen LogP contribution in [-0.2, 0) is 6.54 Å². The second-order valence-corrected chi connectivity index (χ2v) is 6.89. The zero-order valence-corrected chi connectivity index (χ0v) is 17.2. The molecule has 2 aromatic carbocycles. The van der Waals surface area contributed by atoms with Crippen LogP contribution in [0.25, 0.3) is 22.3 Å². The first-order chi connectivity index (χ1) is 15.3. The van der Waals surface area contributed by atoms with Crippen molar-refractivity contribution >= 4 is 22.6 Å². The highest BCUT2D eigenvalue weighted by Crippen LogP contribution is 2.31. The van der Waals surface area contributed by atoms with Crippen molar-refractivity contribution in [3.8, 4) is 22.9 Å². The van der Waals surface area contributed by atoms with E-state index in [4.69, 9.17) is 4.74 Å². The monoisotopic (exact) mass is 444 g/mol. The van der Waals surface area contributed by atoms with Gasteiger partial charge < -0.3 is 19.4 Å². The van der Waals surface area contributed by atoms with E-state index < -0.39 is 18.0 Å². The summed E-state index contributed by atoms with van der Waals surface area (Å²) in [6.45, 7) is 2.73. The summed E-state index contributed by atoms with van der Waals surface area (Å²) in [7, 11) is 1.61. The van der Waals surface area contributed by atoms with Crippen LogP contribution in [-0.4, -0.2) is 34.1 Å². The number of amides is 1. The number of aryl methyl sites for hydroxylation is 1. The van der Waals surface area contributed by atoms with Gasteiger partial charge in [-0.3, -0.25) is 9.89 Å². The maximum absolute atomic E-state index is 12.4. The molecule has 0 atom stereocenters. The molecule has 4 rings (SSSR count). The highest BCUT2D eigenvalue weighted by molar-refractivity contribution is 6.04. The Labute approximate surface area is 180 Å². The molecule has 4 aromatic rings. The third-order valence-electron chi connectivity index (χ3n) is 4.87. The number of benzene rings is 2. The van der Waals surface area contributed by atoms with Crippen LogP contribution in [0, 0.1) is 0 Å². The fourth-order valence-electron chi connectivity index (χ4n) is 3.44. The van der Waals surface area contributed by atoms with E-state index in [1.165, 1.54) is 12.1 Å². The average molecular weight is 444 g/mol. The van der Waals surface area contributed by atoms with E-state index in [0.717, 1.165) is 34.5 Å². The molecule has 0 aliphatic carbocycles. The van der Waals surface area contributed by atoms with Gasteiger partial charge in [-0.15, -0.1) is 13.2 Å². The zero-order valence-electron chi connectivity index (χ0n) is 17.2. The molecule has 0 aliphatic heterocycles. The first-order valence-corrected chi connectivity index (χ1v) is 9.67. The van der Waals surface area contributed by atoms with Crippen LogP contribution >= 0.6 is 0 Å². The Morgan fingerprint density at radius 3 is 2.47 bits per heavy atom. The molecule has 0 spiro atoms. The second kappa shape index (κ2) is 8.29. The third-order valence-corrected chi connectivity index (χ3v) is 4.87. The van der Waals surface area contributed by atoms with Gasteiger partial charge in [0.05, 0.1) is 24.0 Å². The quantitative estimate of drug-likeness (QED) is 0.428. The number of anilines is 1. The van der Waals surface area contributed by atoms with E-state index in [9.17, 15) is 18.0 Å². The largest absolute Gasteiger partial charge is 0.573 e. The number of H-pyrrole nitrogens is 1. The maximum atomic E-state index is 12.4. The summed E-state index contributed by atoms with van der Waals surface area (Å²) in [5.74, 6) is 0.120. The summed E-state index contributed by atoms with van der Waals surface area (Å²) in [6.07, 6.45) is -4.79. The molecule has 0 unspecified atom stereocenters. The summed E-state index contributed by atoms with van der Waals surface area (Å²) in [5, 5.41) is 10.7. The number of hydrogen-bond acceptors (Lipinski definition) is 4. The van der Waals surface area contributed by atoms with Crippen molar-refractivity contribution < 1.29 is 27.4 Å². The number of nitrogens with zero attached hydrogens (tertiary/aromatic N) is 2. The van der Waals surface area contributed by atoms with Crippen LogP contribution in [0.3, 0.4) is 0 Å². The number of alkyl halides is 3. The number of ether oxygens (including phenoxy) is 2. The summed E-state index contributed by atoms with van der Waals surface area (Å²) >= 11 is 0. The molecule has 2 aromatic heterocycles. The highest BCUT2D eigenvalue weighted by atomic mass is 19.4. The predicted octanol–water partition coefficient (Wildman–Crippen LogP) is 5.21. The van der Waals surface area contributed by atoms with Crippen LogP contribution in [0.15, 0.2) is 54.6 Å². The molecule has 7 nitrogen and oxygen atoms in total. The predicted molar refractivity (Wildman–Crippen MR) is 113 cm³/mol. The first-order valence-electron chi connectivity index (χ1n) is 9.67. The van der Waals surface area contributed by atoms with Gasteiger partial charge in [-0.2, -0.15) is 5.10 Å². The van der Waals surface area contributed by atoms with Crippen molar-refractivity contribution in [2.45, 2.75) is 19.8 Å². The van der Waals surface area contributed by atoms with Gasteiger partial charge in [0.2, 0.25) is 0 Å². The molecule has 0 saturated heterocycles. The van der Waals surface area contributed by atoms with Crippen LogP contribution in [0.2, 0.25) is 0 Å². The molecule has 0 aliphatic rings. The Balaban J connectivity index is 1.54. The van der Waals surface area contributed by atoms with E-state index in [-0.39, 0.29) is 11.4 Å². The molecule has 0 bridgehead atoms. The SMILES string of the molecule is CCn1c(-c2cc(NC(=O)c3ccc(OC(F)(F)F)cc3)n[nH]2)cc2ccc(OC)cc21. The lowest BCUT2D eigenvalue weighted by molar-refractivity contribution is -0.274. The van der Waals surface area contributed by atoms with Gasteiger partial charge in [0.15, 0.2) is 5.82 Å². The van der Waals surface area contributed by atoms with Crippen molar-refractivity contribution in [3.63, 3.8) is 0 Å². The van der Waals surface area contributed by atoms with Gasteiger partial charge in [-0.25, -0.2) is 0 Å². The molecule has 166 valence electrons. The fraction of sp³-hybridized carbons (Fsp3) is 0.182. The first kappa shape index (κ1) is 21.3. The molecule has 2 heterocycles. The van der Waals surface area contributed by atoms with Crippen LogP contribution < -0.4 is 14.8 Å². The Morgan fingerprint density at radius 1 is 1.09 bits per heavy atom. The van der Waals surface area contributed by atoms with Crippen LogP contribution in [0.4, 0.5) is 19.0 Å². The molecular weight excluding hydrogens is 425 g/mol. The molecular formula is C22H19F3N4O3. The van der Waals surface area contributed by atoms with Crippen LogP contribution in [0.5, 0.6) is 11.5 Å². The summed E-state index contributed by atoms with van der Waals surface area (Å²) in [4.78, 5) is 12.4.